The Balaban J connectivity index is 2.16. The number of hydrogen-bond acceptors (Lipinski definition) is 3. The number of benzene rings is 1. The van der Waals surface area contributed by atoms with Gasteiger partial charge in [0.05, 0.1) is 0 Å². The van der Waals surface area contributed by atoms with E-state index in [1.807, 2.05) is 12.1 Å². The number of ether oxygens (including phenoxy) is 1. The van der Waals surface area contributed by atoms with Gasteiger partial charge >= 0.3 is 0 Å². The molecule has 1 aromatic carbocycles. The second-order valence-electron chi connectivity index (χ2n) is 5.77. The molecule has 0 aromatic heterocycles. The average Bonchev–Trinajstić information content (AvgIpc) is 2.51. The summed E-state index contributed by atoms with van der Waals surface area (Å²) < 4.78 is 5.61. The highest BCUT2D eigenvalue weighted by Gasteiger charge is 2.08. The fourth-order valence-electron chi connectivity index (χ4n) is 2.21. The number of hydrogen-bond donors (Lipinski definition) is 2. The summed E-state index contributed by atoms with van der Waals surface area (Å²) in [6, 6.07) is 8.51. The van der Waals surface area contributed by atoms with Gasteiger partial charge < -0.3 is 15.2 Å². The quantitative estimate of drug-likeness (QED) is 0.613. The lowest BCUT2D eigenvalue weighted by atomic mass is 10.1. The van der Waals surface area contributed by atoms with Crippen molar-refractivity contribution in [2.24, 2.45) is 0 Å². The molecule has 0 aliphatic rings. The van der Waals surface area contributed by atoms with E-state index < -0.39 is 6.10 Å². The van der Waals surface area contributed by atoms with Crippen LogP contribution in [-0.2, 0) is 6.42 Å². The molecule has 2 unspecified atom stereocenters. The molecule has 120 valence electrons. The Morgan fingerprint density at radius 2 is 1.86 bits per heavy atom. The Bertz CT molecular complexity index is 364. The maximum Gasteiger partial charge on any atom is 0.119 e. The highest BCUT2D eigenvalue weighted by molar-refractivity contribution is 5.27. The summed E-state index contributed by atoms with van der Waals surface area (Å²) >= 11 is 0. The Labute approximate surface area is 129 Å². The van der Waals surface area contributed by atoms with Crippen molar-refractivity contribution in [3.63, 3.8) is 0 Å². The van der Waals surface area contributed by atoms with Gasteiger partial charge in [-0.15, -0.1) is 0 Å². The second kappa shape index (κ2) is 10.6. The molecule has 3 nitrogen and oxygen atoms in total. The largest absolute Gasteiger partial charge is 0.491 e. The zero-order valence-electron chi connectivity index (χ0n) is 13.8. The van der Waals surface area contributed by atoms with Gasteiger partial charge in [0.2, 0.25) is 0 Å². The van der Waals surface area contributed by atoms with Crippen LogP contribution in [-0.4, -0.2) is 30.4 Å². The topological polar surface area (TPSA) is 41.5 Å². The second-order valence-corrected chi connectivity index (χ2v) is 5.77. The van der Waals surface area contributed by atoms with Crippen LogP contribution >= 0.6 is 0 Å². The molecule has 0 aliphatic heterocycles. The third kappa shape index (κ3) is 8.08. The van der Waals surface area contributed by atoms with Crippen LogP contribution in [0.2, 0.25) is 0 Å². The van der Waals surface area contributed by atoms with E-state index in [1.54, 1.807) is 0 Å². The van der Waals surface area contributed by atoms with Gasteiger partial charge in [-0.3, -0.25) is 0 Å². The first kappa shape index (κ1) is 18.0. The van der Waals surface area contributed by atoms with Crippen LogP contribution < -0.4 is 10.1 Å². The first-order valence-electron chi connectivity index (χ1n) is 8.28. The predicted octanol–water partition coefficient (Wildman–Crippen LogP) is 3.55. The molecule has 1 aromatic rings. The maximum atomic E-state index is 9.94. The van der Waals surface area contributed by atoms with Gasteiger partial charge in [-0.05, 0) is 37.5 Å². The van der Waals surface area contributed by atoms with E-state index >= 15 is 0 Å². The molecule has 0 heterocycles. The van der Waals surface area contributed by atoms with Crippen LogP contribution in [0.4, 0.5) is 0 Å². The Morgan fingerprint density at radius 1 is 1.14 bits per heavy atom. The van der Waals surface area contributed by atoms with E-state index in [0.29, 0.717) is 19.2 Å². The zero-order chi connectivity index (χ0) is 15.5. The van der Waals surface area contributed by atoms with Gasteiger partial charge in [0.15, 0.2) is 0 Å². The monoisotopic (exact) mass is 293 g/mol. The summed E-state index contributed by atoms with van der Waals surface area (Å²) in [4.78, 5) is 0. The Morgan fingerprint density at radius 3 is 2.48 bits per heavy atom. The lowest BCUT2D eigenvalue weighted by Gasteiger charge is -2.17. The SMILES string of the molecule is CCCCCC(C)NCC(O)COc1ccc(CC)cc1. The number of nitrogens with one attached hydrogen (secondary N) is 1. The predicted molar refractivity (Wildman–Crippen MR) is 88.9 cm³/mol. The highest BCUT2D eigenvalue weighted by Crippen LogP contribution is 2.12. The van der Waals surface area contributed by atoms with Crippen molar-refractivity contribution in [3.8, 4) is 5.75 Å². The van der Waals surface area contributed by atoms with Crippen molar-refractivity contribution in [1.82, 2.24) is 5.32 Å². The van der Waals surface area contributed by atoms with Gasteiger partial charge in [0.1, 0.15) is 18.5 Å². The summed E-state index contributed by atoms with van der Waals surface area (Å²) in [6.07, 6.45) is 5.51. The smallest absolute Gasteiger partial charge is 0.119 e. The summed E-state index contributed by atoms with van der Waals surface area (Å²) in [6.45, 7) is 7.44. The lowest BCUT2D eigenvalue weighted by molar-refractivity contribution is 0.104. The summed E-state index contributed by atoms with van der Waals surface area (Å²) in [5, 5.41) is 13.3. The molecular formula is C18H31NO2. The van der Waals surface area contributed by atoms with Crippen molar-refractivity contribution in [2.45, 2.75) is 65.0 Å². The van der Waals surface area contributed by atoms with Crippen LogP contribution in [0.3, 0.4) is 0 Å². The molecule has 0 bridgehead atoms. The van der Waals surface area contributed by atoms with E-state index in [-0.39, 0.29) is 0 Å². The van der Waals surface area contributed by atoms with Crippen molar-refractivity contribution < 1.29 is 9.84 Å². The van der Waals surface area contributed by atoms with Crippen molar-refractivity contribution in [1.29, 1.82) is 0 Å². The van der Waals surface area contributed by atoms with Crippen molar-refractivity contribution >= 4 is 0 Å². The van der Waals surface area contributed by atoms with Gasteiger partial charge in [0, 0.05) is 12.6 Å². The molecule has 21 heavy (non-hydrogen) atoms. The van der Waals surface area contributed by atoms with E-state index in [0.717, 1.165) is 12.2 Å². The maximum absolute atomic E-state index is 9.94. The summed E-state index contributed by atoms with van der Waals surface area (Å²) in [5.41, 5.74) is 1.30. The minimum Gasteiger partial charge on any atom is -0.491 e. The fourth-order valence-corrected chi connectivity index (χ4v) is 2.21. The normalized spacial score (nSPS) is 13.9. The van der Waals surface area contributed by atoms with E-state index in [2.05, 4.69) is 38.2 Å². The third-order valence-corrected chi connectivity index (χ3v) is 3.72. The average molecular weight is 293 g/mol. The molecule has 2 atom stereocenters. The minimum absolute atomic E-state index is 0.333. The molecule has 0 aliphatic carbocycles. The Kier molecular flexibility index (Phi) is 9.11. The van der Waals surface area contributed by atoms with Crippen LogP contribution in [0.1, 0.15) is 52.0 Å². The van der Waals surface area contributed by atoms with Crippen LogP contribution in [0.25, 0.3) is 0 Å². The standard InChI is InChI=1S/C18H31NO2/c1-4-6-7-8-15(3)19-13-17(20)14-21-18-11-9-16(5-2)10-12-18/h9-12,15,17,19-20H,4-8,13-14H2,1-3H3. The third-order valence-electron chi connectivity index (χ3n) is 3.72. The lowest BCUT2D eigenvalue weighted by Crippen LogP contribution is -2.36. The molecule has 0 spiro atoms. The van der Waals surface area contributed by atoms with Crippen LogP contribution in [0.15, 0.2) is 24.3 Å². The molecule has 1 rings (SSSR count). The van der Waals surface area contributed by atoms with Gasteiger partial charge in [0.25, 0.3) is 0 Å². The van der Waals surface area contributed by atoms with Gasteiger partial charge in [-0.25, -0.2) is 0 Å². The molecule has 0 fully saturated rings. The first-order chi connectivity index (χ1) is 10.2. The molecule has 0 saturated carbocycles. The number of aryl methyl sites for hydroxylation is 1. The van der Waals surface area contributed by atoms with E-state index in [4.69, 9.17) is 4.74 Å². The molecule has 3 heteroatoms. The zero-order valence-corrected chi connectivity index (χ0v) is 13.8. The number of unbranched alkanes of at least 4 members (excludes halogenated alkanes) is 2. The van der Waals surface area contributed by atoms with Gasteiger partial charge in [-0.1, -0.05) is 45.2 Å². The summed E-state index contributed by atoms with van der Waals surface area (Å²) in [5.74, 6) is 0.822. The minimum atomic E-state index is -0.468. The molecule has 0 saturated heterocycles. The Hall–Kier alpha value is -1.06. The highest BCUT2D eigenvalue weighted by atomic mass is 16.5. The van der Waals surface area contributed by atoms with Crippen molar-refractivity contribution in [3.05, 3.63) is 29.8 Å². The van der Waals surface area contributed by atoms with E-state index in [1.165, 1.54) is 31.2 Å². The molecule has 0 amide bonds. The molecular weight excluding hydrogens is 262 g/mol. The molecule has 2 N–H and O–H groups in total. The number of rotatable bonds is 11. The summed E-state index contributed by atoms with van der Waals surface area (Å²) in [7, 11) is 0. The van der Waals surface area contributed by atoms with Gasteiger partial charge in [-0.2, -0.15) is 0 Å². The van der Waals surface area contributed by atoms with Crippen LogP contribution in [0.5, 0.6) is 5.75 Å². The molecule has 0 radical (unpaired) electrons. The van der Waals surface area contributed by atoms with Crippen molar-refractivity contribution in [2.75, 3.05) is 13.2 Å². The first-order valence-corrected chi connectivity index (χ1v) is 8.28. The van der Waals surface area contributed by atoms with E-state index in [9.17, 15) is 5.11 Å². The number of aliphatic hydroxyl groups is 1. The fraction of sp³-hybridized carbons (Fsp3) is 0.667. The van der Waals surface area contributed by atoms with Crippen LogP contribution in [0, 0.1) is 0 Å². The number of aliphatic hydroxyl groups excluding tert-OH is 1.